The lowest BCUT2D eigenvalue weighted by atomic mass is 9.77. The summed E-state index contributed by atoms with van der Waals surface area (Å²) in [6.07, 6.45) is 18.6. The van der Waals surface area contributed by atoms with Gasteiger partial charge in [-0.15, -0.1) is 0 Å². The Morgan fingerprint density at radius 2 is 1.85 bits per heavy atom. The zero-order valence-corrected chi connectivity index (χ0v) is 21.5. The van der Waals surface area contributed by atoms with Gasteiger partial charge >= 0.3 is 0 Å². The van der Waals surface area contributed by atoms with Crippen LogP contribution < -0.4 is 4.74 Å². The Morgan fingerprint density at radius 3 is 2.61 bits per heavy atom. The van der Waals surface area contributed by atoms with E-state index in [4.69, 9.17) is 4.74 Å². The molecular formula is C32H45O. The Bertz CT molecular complexity index is 848. The van der Waals surface area contributed by atoms with E-state index < -0.39 is 0 Å². The van der Waals surface area contributed by atoms with E-state index in [1.807, 2.05) is 0 Å². The van der Waals surface area contributed by atoms with Crippen LogP contribution in [0.25, 0.3) is 0 Å². The van der Waals surface area contributed by atoms with Gasteiger partial charge in [0.1, 0.15) is 12.4 Å². The van der Waals surface area contributed by atoms with Gasteiger partial charge in [-0.1, -0.05) is 114 Å². The van der Waals surface area contributed by atoms with Crippen LogP contribution in [0.3, 0.4) is 0 Å². The maximum atomic E-state index is 6.58. The summed E-state index contributed by atoms with van der Waals surface area (Å²) in [5.41, 5.74) is 4.18. The van der Waals surface area contributed by atoms with Crippen molar-refractivity contribution in [2.75, 3.05) is 0 Å². The molecule has 0 N–H and O–H groups in total. The first kappa shape index (κ1) is 25.6. The number of hydrogen-bond donors (Lipinski definition) is 0. The molecule has 0 amide bonds. The van der Waals surface area contributed by atoms with Crippen molar-refractivity contribution < 1.29 is 4.74 Å². The highest BCUT2D eigenvalue weighted by atomic mass is 16.5. The SMILES string of the molecule is C/C=C\C1CCC[CH]CC1c1ccc(C(C)(C)CCCCCC)cc1OCc1ccccc1. The lowest BCUT2D eigenvalue weighted by Crippen LogP contribution is -2.18. The Kier molecular flexibility index (Phi) is 10.1. The molecule has 3 rings (SSSR count). The van der Waals surface area contributed by atoms with Crippen molar-refractivity contribution in [3.63, 3.8) is 0 Å². The molecule has 0 aliphatic heterocycles. The molecule has 33 heavy (non-hydrogen) atoms. The summed E-state index contributed by atoms with van der Waals surface area (Å²) in [5.74, 6) is 2.17. The van der Waals surface area contributed by atoms with Crippen molar-refractivity contribution in [2.24, 2.45) is 5.92 Å². The molecule has 179 valence electrons. The van der Waals surface area contributed by atoms with Gasteiger partial charge in [0.05, 0.1) is 0 Å². The summed E-state index contributed by atoms with van der Waals surface area (Å²) < 4.78 is 6.58. The van der Waals surface area contributed by atoms with E-state index in [2.05, 4.69) is 94.8 Å². The molecule has 1 fully saturated rings. The van der Waals surface area contributed by atoms with E-state index in [-0.39, 0.29) is 5.41 Å². The molecule has 2 unspecified atom stereocenters. The Balaban J connectivity index is 1.90. The smallest absolute Gasteiger partial charge is 0.123 e. The quantitative estimate of drug-likeness (QED) is 0.190. The molecule has 0 saturated heterocycles. The van der Waals surface area contributed by atoms with E-state index >= 15 is 0 Å². The fraction of sp³-hybridized carbons (Fsp3) is 0.531. The third-order valence-corrected chi connectivity index (χ3v) is 7.41. The highest BCUT2D eigenvalue weighted by Gasteiger charge is 2.28. The average molecular weight is 446 g/mol. The second-order valence-electron chi connectivity index (χ2n) is 10.5. The molecule has 1 saturated carbocycles. The molecule has 2 aromatic rings. The van der Waals surface area contributed by atoms with Gasteiger partial charge in [-0.05, 0) is 72.6 Å². The first-order valence-corrected chi connectivity index (χ1v) is 13.3. The molecule has 0 bridgehead atoms. The summed E-state index contributed by atoms with van der Waals surface area (Å²) in [5, 5.41) is 0. The van der Waals surface area contributed by atoms with Crippen molar-refractivity contribution in [3.05, 3.63) is 83.8 Å². The normalized spacial score (nSPS) is 19.5. The second-order valence-corrected chi connectivity index (χ2v) is 10.5. The van der Waals surface area contributed by atoms with Crippen molar-refractivity contribution >= 4 is 0 Å². The molecule has 0 heterocycles. The second kappa shape index (κ2) is 13.0. The third-order valence-electron chi connectivity index (χ3n) is 7.41. The van der Waals surface area contributed by atoms with Crippen molar-refractivity contribution in [2.45, 2.75) is 103 Å². The van der Waals surface area contributed by atoms with Crippen molar-refractivity contribution in [1.29, 1.82) is 0 Å². The molecule has 1 aliphatic carbocycles. The third kappa shape index (κ3) is 7.49. The summed E-state index contributed by atoms with van der Waals surface area (Å²) in [7, 11) is 0. The largest absolute Gasteiger partial charge is 0.489 e. The van der Waals surface area contributed by atoms with Crippen LogP contribution in [0.2, 0.25) is 0 Å². The zero-order valence-electron chi connectivity index (χ0n) is 21.5. The number of unbranched alkanes of at least 4 members (excludes halogenated alkanes) is 3. The fourth-order valence-electron chi connectivity index (χ4n) is 5.27. The number of rotatable bonds is 11. The standard InChI is InChI=1S/C32H45O/c1-5-7-8-15-23-32(3,4)28-21-22-30(29-20-14-10-13-19-27(29)16-6-2)31(24-28)33-25-26-17-11-9-12-18-26/h6,9,11-12,14,16-18,21-22,24,27,29H,5,7-8,10,13,15,19-20,23,25H2,1-4H3/b16-6-. The van der Waals surface area contributed by atoms with Gasteiger partial charge in [0.25, 0.3) is 0 Å². The van der Waals surface area contributed by atoms with Crippen LogP contribution in [0.4, 0.5) is 0 Å². The van der Waals surface area contributed by atoms with Gasteiger partial charge in [0.2, 0.25) is 0 Å². The highest BCUT2D eigenvalue weighted by Crippen LogP contribution is 2.43. The minimum absolute atomic E-state index is 0.162. The zero-order chi connectivity index (χ0) is 23.5. The summed E-state index contributed by atoms with van der Waals surface area (Å²) in [6.45, 7) is 9.86. The minimum Gasteiger partial charge on any atom is -0.489 e. The first-order valence-electron chi connectivity index (χ1n) is 13.3. The molecule has 0 aromatic heterocycles. The van der Waals surface area contributed by atoms with E-state index in [0.29, 0.717) is 18.4 Å². The molecule has 1 radical (unpaired) electrons. The Labute approximate surface area is 203 Å². The number of allylic oxidation sites excluding steroid dienone is 2. The highest BCUT2D eigenvalue weighted by molar-refractivity contribution is 5.43. The van der Waals surface area contributed by atoms with Crippen LogP contribution in [0, 0.1) is 12.3 Å². The van der Waals surface area contributed by atoms with E-state index in [9.17, 15) is 0 Å². The lowest BCUT2D eigenvalue weighted by Gasteiger charge is -2.29. The van der Waals surface area contributed by atoms with Gasteiger partial charge in [0, 0.05) is 0 Å². The molecule has 1 heteroatoms. The van der Waals surface area contributed by atoms with Crippen molar-refractivity contribution in [1.82, 2.24) is 0 Å². The van der Waals surface area contributed by atoms with Gasteiger partial charge in [-0.2, -0.15) is 0 Å². The van der Waals surface area contributed by atoms with Crippen LogP contribution in [0.5, 0.6) is 5.75 Å². The van der Waals surface area contributed by atoms with Crippen LogP contribution in [-0.2, 0) is 12.0 Å². The van der Waals surface area contributed by atoms with Gasteiger partial charge in [-0.25, -0.2) is 0 Å². The maximum absolute atomic E-state index is 6.58. The predicted octanol–water partition coefficient (Wildman–Crippen LogP) is 9.57. The molecule has 1 aliphatic rings. The van der Waals surface area contributed by atoms with Crippen LogP contribution in [0.1, 0.15) is 108 Å². The molecule has 2 aromatic carbocycles. The lowest BCUT2D eigenvalue weighted by molar-refractivity contribution is 0.296. The first-order chi connectivity index (χ1) is 16.0. The van der Waals surface area contributed by atoms with Gasteiger partial charge in [-0.3, -0.25) is 0 Å². The van der Waals surface area contributed by atoms with Gasteiger partial charge in [0.15, 0.2) is 0 Å². The summed E-state index contributed by atoms with van der Waals surface area (Å²) >= 11 is 0. The van der Waals surface area contributed by atoms with Gasteiger partial charge < -0.3 is 4.74 Å². The average Bonchev–Trinajstić information content (AvgIpc) is 3.07. The Hall–Kier alpha value is -2.02. The van der Waals surface area contributed by atoms with Crippen LogP contribution >= 0.6 is 0 Å². The topological polar surface area (TPSA) is 9.23 Å². The molecule has 2 atom stereocenters. The van der Waals surface area contributed by atoms with Crippen molar-refractivity contribution in [3.8, 4) is 5.75 Å². The summed E-state index contributed by atoms with van der Waals surface area (Å²) in [4.78, 5) is 0. The monoisotopic (exact) mass is 445 g/mol. The number of benzene rings is 2. The van der Waals surface area contributed by atoms with E-state index in [1.54, 1.807) is 0 Å². The molecule has 0 spiro atoms. The number of hydrogen-bond acceptors (Lipinski definition) is 1. The minimum atomic E-state index is 0.162. The van der Waals surface area contributed by atoms with E-state index in [0.717, 1.165) is 12.2 Å². The fourth-order valence-corrected chi connectivity index (χ4v) is 5.27. The van der Waals surface area contributed by atoms with Crippen LogP contribution in [0.15, 0.2) is 60.7 Å². The molecule has 1 nitrogen and oxygen atoms in total. The van der Waals surface area contributed by atoms with Crippen LogP contribution in [-0.4, -0.2) is 0 Å². The van der Waals surface area contributed by atoms with E-state index in [1.165, 1.54) is 68.1 Å². The Morgan fingerprint density at radius 1 is 1.03 bits per heavy atom. The number of ether oxygens (including phenoxy) is 1. The summed E-state index contributed by atoms with van der Waals surface area (Å²) in [6, 6.07) is 17.7. The predicted molar refractivity (Wildman–Crippen MR) is 143 cm³/mol. The maximum Gasteiger partial charge on any atom is 0.123 e. The molecular weight excluding hydrogens is 400 g/mol.